The molecule has 4 aliphatic rings. The van der Waals surface area contributed by atoms with Gasteiger partial charge in [0, 0.05) is 92.1 Å². The second-order valence-corrected chi connectivity index (χ2v) is 26.6. The number of H-pyrrole nitrogens is 1. The first kappa shape index (κ1) is 69.5. The molecule has 2 fully saturated rings. The van der Waals surface area contributed by atoms with Gasteiger partial charge < -0.3 is 57.3 Å². The van der Waals surface area contributed by atoms with Crippen LogP contribution < -0.4 is 32.7 Å². The number of nitrogens with zero attached hydrogens (tertiary/aromatic N) is 4. The molecule has 6 aromatic rings. The Labute approximate surface area is 555 Å². The molecule has 2 bridgehead atoms. The van der Waals surface area contributed by atoms with Crippen LogP contribution in [0.1, 0.15) is 109 Å². The minimum atomic E-state index is -0.762. The van der Waals surface area contributed by atoms with Gasteiger partial charge in [0.05, 0.1) is 44.3 Å². The van der Waals surface area contributed by atoms with Gasteiger partial charge in [-0.05, 0) is 129 Å². The molecule has 2 saturated carbocycles. The molecular weight excluding hydrogens is 1210 g/mol. The van der Waals surface area contributed by atoms with Gasteiger partial charge in [-0.25, -0.2) is 0 Å². The maximum Gasteiger partial charge on any atom is 0.251 e. The number of para-hydroxylation sites is 1. The van der Waals surface area contributed by atoms with Gasteiger partial charge in [0.15, 0.2) is 0 Å². The number of amides is 9. The van der Waals surface area contributed by atoms with Gasteiger partial charge in [-0.3, -0.25) is 43.2 Å². The number of unbranched alkanes of at least 4 members (excludes halogenated alkanes) is 1. The lowest BCUT2D eigenvalue weighted by molar-refractivity contribution is -0.139. The summed E-state index contributed by atoms with van der Waals surface area (Å²) in [7, 11) is 0. The van der Waals surface area contributed by atoms with Crippen molar-refractivity contribution in [3.05, 3.63) is 179 Å². The lowest BCUT2D eigenvalue weighted by atomic mass is 10.0. The predicted octanol–water partition coefficient (Wildman–Crippen LogP) is 6.25. The number of thioether (sulfide) groups is 1. The Bertz CT molecular complexity index is 3490. The van der Waals surface area contributed by atoms with E-state index in [2.05, 4.69) is 26.3 Å². The van der Waals surface area contributed by atoms with Crippen LogP contribution in [-0.2, 0) is 69.8 Å². The van der Waals surface area contributed by atoms with Crippen molar-refractivity contribution in [2.75, 3.05) is 64.7 Å². The Balaban J connectivity index is 1.05. The summed E-state index contributed by atoms with van der Waals surface area (Å²) in [4.78, 5) is 139. The second-order valence-electron chi connectivity index (χ2n) is 25.5. The standard InChI is InChI=1S/C73H91N11O9S/c74-34-13-12-20-59-42-82(69(89)32-29-51-14-4-1-5-15-51)47-67(87)78-60(36-52-16-6-2-7-17-52)43-81(46-65(75)85)70(90)33-35-94-50-56-27-30-57(31-28-56)73(93)80-61(37-53-18-8-3-9-19-53)44-83(71(91)38-54-23-24-54)49-68(88)79-62(40-58-41-76-64-22-11-10-21-63(58)64)45-84(48-66(86)77-59)72(92)39-55-25-26-55/h1-11,14-19,21-22,27-28,30-31,41,54-55,59-62,76H,12-13,20,23-26,29,32-40,42-50,74H2,(H2,75,85)(H,77,86)(H,78,87)(H,79,88)(H,80,93)/t59-,60-,61-,62?/m0/s1. The largest absolute Gasteiger partial charge is 0.368 e. The summed E-state index contributed by atoms with van der Waals surface area (Å²) in [5.41, 5.74) is 17.5. The van der Waals surface area contributed by atoms with E-state index in [0.717, 1.165) is 64.4 Å². The lowest BCUT2D eigenvalue weighted by Gasteiger charge is -2.32. The molecule has 498 valence electrons. The molecule has 2 aliphatic carbocycles. The number of aromatic amines is 1. The Morgan fingerprint density at radius 2 is 1.03 bits per heavy atom. The van der Waals surface area contributed by atoms with E-state index in [4.69, 9.17) is 11.5 Å². The van der Waals surface area contributed by atoms with Gasteiger partial charge in [0.1, 0.15) is 0 Å². The fourth-order valence-electron chi connectivity index (χ4n) is 12.2. The normalized spacial score (nSPS) is 19.9. The second kappa shape index (κ2) is 35.4. The van der Waals surface area contributed by atoms with E-state index in [1.165, 1.54) is 31.4 Å². The van der Waals surface area contributed by atoms with Crippen LogP contribution in [0.2, 0.25) is 0 Å². The van der Waals surface area contributed by atoms with Gasteiger partial charge in [0.25, 0.3) is 5.91 Å². The van der Waals surface area contributed by atoms with E-state index < -0.39 is 67.4 Å². The Morgan fingerprint density at radius 3 is 1.59 bits per heavy atom. The zero-order valence-corrected chi connectivity index (χ0v) is 54.5. The average Bonchev–Trinajstić information content (AvgIpc) is 2.01. The molecule has 20 nitrogen and oxygen atoms in total. The van der Waals surface area contributed by atoms with Crippen molar-refractivity contribution in [1.82, 2.24) is 45.9 Å². The maximum atomic E-state index is 14.9. The van der Waals surface area contributed by atoms with E-state index in [9.17, 15) is 43.2 Å². The van der Waals surface area contributed by atoms with Gasteiger partial charge in [-0.1, -0.05) is 128 Å². The van der Waals surface area contributed by atoms with Crippen molar-refractivity contribution in [3.63, 3.8) is 0 Å². The highest BCUT2D eigenvalue weighted by Gasteiger charge is 2.34. The molecule has 4 atom stereocenters. The van der Waals surface area contributed by atoms with Gasteiger partial charge >= 0.3 is 0 Å². The molecule has 5 aromatic carbocycles. The van der Waals surface area contributed by atoms with Crippen LogP contribution in [-0.4, -0.2) is 167 Å². The van der Waals surface area contributed by atoms with Crippen molar-refractivity contribution in [2.45, 2.75) is 126 Å². The molecule has 0 radical (unpaired) electrons. The summed E-state index contributed by atoms with van der Waals surface area (Å²) in [6.07, 6.45) is 8.74. The van der Waals surface area contributed by atoms with Crippen LogP contribution in [0.5, 0.6) is 0 Å². The quantitative estimate of drug-likeness (QED) is 0.0352. The van der Waals surface area contributed by atoms with E-state index in [-0.39, 0.29) is 113 Å². The molecule has 9 amide bonds. The third-order valence-electron chi connectivity index (χ3n) is 17.5. The van der Waals surface area contributed by atoms with Gasteiger partial charge in [-0.15, -0.1) is 0 Å². The molecule has 21 heteroatoms. The number of hydrogen-bond donors (Lipinski definition) is 7. The molecular formula is C73H91N11O9S. The summed E-state index contributed by atoms with van der Waals surface area (Å²) in [6, 6.07) is 40.7. The highest BCUT2D eigenvalue weighted by molar-refractivity contribution is 7.98. The zero-order valence-electron chi connectivity index (χ0n) is 53.7. The molecule has 0 spiro atoms. The van der Waals surface area contributed by atoms with Crippen molar-refractivity contribution in [1.29, 1.82) is 0 Å². The number of primary amides is 1. The highest BCUT2D eigenvalue weighted by Crippen LogP contribution is 2.34. The van der Waals surface area contributed by atoms with Crippen molar-refractivity contribution in [3.8, 4) is 0 Å². The van der Waals surface area contributed by atoms with Crippen molar-refractivity contribution < 1.29 is 43.2 Å². The number of aryl methyl sites for hydroxylation is 1. The van der Waals surface area contributed by atoms with E-state index >= 15 is 0 Å². The molecule has 9 N–H and O–H groups in total. The average molecular weight is 1300 g/mol. The number of benzene rings is 5. The minimum Gasteiger partial charge on any atom is -0.368 e. The first-order valence-corrected chi connectivity index (χ1v) is 34.4. The van der Waals surface area contributed by atoms with Crippen LogP contribution in [0, 0.1) is 11.8 Å². The number of nitrogens with one attached hydrogen (secondary N) is 5. The molecule has 1 unspecified atom stereocenters. The van der Waals surface area contributed by atoms with E-state index in [0.29, 0.717) is 55.7 Å². The summed E-state index contributed by atoms with van der Waals surface area (Å²) >= 11 is 1.50. The zero-order chi connectivity index (χ0) is 66.2. The van der Waals surface area contributed by atoms with Crippen LogP contribution >= 0.6 is 11.8 Å². The molecule has 0 saturated heterocycles. The van der Waals surface area contributed by atoms with E-state index in [1.54, 1.807) is 12.1 Å². The molecule has 3 heterocycles. The number of rotatable bonds is 19. The van der Waals surface area contributed by atoms with E-state index in [1.807, 2.05) is 134 Å². The van der Waals surface area contributed by atoms with Crippen LogP contribution in [0.25, 0.3) is 10.9 Å². The Kier molecular flexibility index (Phi) is 26.2. The number of carbonyl (C=O) groups excluding carboxylic acids is 9. The third kappa shape index (κ3) is 23.0. The molecule has 10 rings (SSSR count). The van der Waals surface area contributed by atoms with Crippen LogP contribution in [0.3, 0.4) is 0 Å². The van der Waals surface area contributed by atoms with Crippen LogP contribution in [0.4, 0.5) is 0 Å². The molecule has 2 aliphatic heterocycles. The Hall–Kier alpha value is -8.82. The molecule has 1 aromatic heterocycles. The predicted molar refractivity (Wildman–Crippen MR) is 364 cm³/mol. The number of nitrogens with two attached hydrogens (primary N) is 2. The van der Waals surface area contributed by atoms with Crippen molar-refractivity contribution >= 4 is 75.8 Å². The fraction of sp³-hybridized carbons (Fsp3) is 0.438. The first-order chi connectivity index (χ1) is 45.6. The summed E-state index contributed by atoms with van der Waals surface area (Å²) in [5.74, 6) is -2.56. The smallest absolute Gasteiger partial charge is 0.251 e. The number of hydrogen-bond acceptors (Lipinski definition) is 11. The third-order valence-corrected chi connectivity index (χ3v) is 18.5. The van der Waals surface area contributed by atoms with Crippen molar-refractivity contribution in [2.24, 2.45) is 23.3 Å². The lowest BCUT2D eigenvalue weighted by Crippen LogP contribution is -2.55. The Morgan fingerprint density at radius 1 is 0.532 bits per heavy atom. The summed E-state index contributed by atoms with van der Waals surface area (Å²) < 4.78 is 0. The summed E-state index contributed by atoms with van der Waals surface area (Å²) in [6.45, 7) is -1.36. The number of carbonyl (C=O) groups is 9. The highest BCUT2D eigenvalue weighted by atomic mass is 32.2. The van der Waals surface area contributed by atoms with Gasteiger partial charge in [-0.2, -0.15) is 11.8 Å². The summed E-state index contributed by atoms with van der Waals surface area (Å²) in [5, 5.41) is 13.6. The molecule has 94 heavy (non-hydrogen) atoms. The monoisotopic (exact) mass is 1300 g/mol. The maximum absolute atomic E-state index is 14.9. The fourth-order valence-corrected chi connectivity index (χ4v) is 13.1. The minimum absolute atomic E-state index is 0.0179. The van der Waals surface area contributed by atoms with Gasteiger partial charge in [0.2, 0.25) is 47.3 Å². The SMILES string of the molecule is NCCCC[C@H]1CN(C(=O)CCc2ccccc2)CC(=O)N[C@@H](Cc2ccccc2)CN(CC(N)=O)C(=O)CCSCc2ccc(cc2)C(=O)N[C@@H](Cc2ccccc2)CN(C(=O)CC2CC2)CC(=O)NC(Cc2c[nH]c3ccccc23)CN(C(=O)CC2CC2)CC(=O)N1. The topological polar surface area (TPSA) is 283 Å². The number of aromatic nitrogens is 1. The first-order valence-electron chi connectivity index (χ1n) is 33.2. The van der Waals surface area contributed by atoms with Crippen LogP contribution in [0.15, 0.2) is 146 Å². The number of fused-ring (bicyclic) bond motifs is 30.